The van der Waals surface area contributed by atoms with Gasteiger partial charge in [-0.3, -0.25) is 0 Å². The van der Waals surface area contributed by atoms with Gasteiger partial charge in [-0.15, -0.1) is 0 Å². The second-order valence-electron chi connectivity index (χ2n) is 7.04. The van der Waals surface area contributed by atoms with Crippen LogP contribution in [0.2, 0.25) is 0 Å². The molecule has 1 aliphatic rings. The molecule has 1 aliphatic carbocycles. The van der Waals surface area contributed by atoms with E-state index in [-0.39, 0.29) is 0 Å². The Morgan fingerprint density at radius 2 is 1.85 bits per heavy atom. The van der Waals surface area contributed by atoms with E-state index in [0.29, 0.717) is 23.9 Å². The van der Waals surface area contributed by atoms with Crippen LogP contribution < -0.4 is 0 Å². The fourth-order valence-electron chi connectivity index (χ4n) is 3.11. The molecule has 1 aromatic carbocycles. The zero-order valence-corrected chi connectivity index (χ0v) is 14.2. The summed E-state index contributed by atoms with van der Waals surface area (Å²) in [7, 11) is 0. The highest BCUT2D eigenvalue weighted by atomic mass is 16.3. The Morgan fingerprint density at radius 3 is 2.40 bits per heavy atom. The molecule has 1 N–H and O–H groups in total. The molecule has 0 heterocycles. The summed E-state index contributed by atoms with van der Waals surface area (Å²) in [6.07, 6.45) is 3.38. The van der Waals surface area contributed by atoms with Crippen LogP contribution >= 0.6 is 0 Å². The van der Waals surface area contributed by atoms with E-state index in [0.717, 1.165) is 19.3 Å². The number of fused-ring (bicyclic) bond motifs is 1. The summed E-state index contributed by atoms with van der Waals surface area (Å²) < 4.78 is 0. The average Bonchev–Trinajstić information content (AvgIpc) is 2.40. The van der Waals surface area contributed by atoms with Gasteiger partial charge in [0.2, 0.25) is 0 Å². The second-order valence-corrected chi connectivity index (χ2v) is 7.04. The molecule has 0 amide bonds. The zero-order chi connectivity index (χ0) is 15.3. The van der Waals surface area contributed by atoms with Crippen LogP contribution in [-0.4, -0.2) is 11.7 Å². The number of benzene rings is 1. The lowest BCUT2D eigenvalue weighted by molar-refractivity contribution is 0.194. The van der Waals surface area contributed by atoms with E-state index < -0.39 is 0 Å². The summed E-state index contributed by atoms with van der Waals surface area (Å²) in [5, 5.41) is 9.44. The minimum absolute atomic E-state index is 0.324. The fraction of sp³-hybridized carbons (Fsp3) is 0.684. The summed E-state index contributed by atoms with van der Waals surface area (Å²) in [5.74, 6) is 0.945. The molecular formula is C19H32O. The predicted molar refractivity (Wildman–Crippen MR) is 88.3 cm³/mol. The Hall–Kier alpha value is -0.820. The van der Waals surface area contributed by atoms with Crippen molar-refractivity contribution in [2.45, 2.75) is 66.7 Å². The Kier molecular flexibility index (Phi) is 6.26. The third kappa shape index (κ3) is 4.34. The highest BCUT2D eigenvalue weighted by Crippen LogP contribution is 2.36. The van der Waals surface area contributed by atoms with Gasteiger partial charge in [0.05, 0.1) is 0 Å². The van der Waals surface area contributed by atoms with Crippen molar-refractivity contribution in [3.8, 4) is 0 Å². The summed E-state index contributed by atoms with van der Waals surface area (Å²) in [6, 6.07) is 6.98. The second kappa shape index (κ2) is 7.26. The van der Waals surface area contributed by atoms with Gasteiger partial charge >= 0.3 is 0 Å². The van der Waals surface area contributed by atoms with Crippen LogP contribution in [0.4, 0.5) is 0 Å². The molecule has 0 radical (unpaired) electrons. The first-order valence-electron chi connectivity index (χ1n) is 8.13. The van der Waals surface area contributed by atoms with Crippen molar-refractivity contribution in [3.05, 3.63) is 34.9 Å². The van der Waals surface area contributed by atoms with Crippen molar-refractivity contribution in [3.63, 3.8) is 0 Å². The Morgan fingerprint density at radius 1 is 1.20 bits per heavy atom. The van der Waals surface area contributed by atoms with E-state index >= 15 is 0 Å². The smallest absolute Gasteiger partial charge is 0.0465 e. The molecule has 0 bridgehead atoms. The molecule has 2 atom stereocenters. The van der Waals surface area contributed by atoms with Crippen LogP contribution in [0, 0.1) is 11.3 Å². The molecule has 0 saturated heterocycles. The molecule has 114 valence electrons. The Labute approximate surface area is 125 Å². The van der Waals surface area contributed by atoms with Crippen LogP contribution in [-0.2, 0) is 12.8 Å². The number of hydrogen-bond acceptors (Lipinski definition) is 1. The van der Waals surface area contributed by atoms with E-state index in [1.54, 1.807) is 0 Å². The predicted octanol–water partition coefficient (Wildman–Crippen LogP) is 4.96. The van der Waals surface area contributed by atoms with Gasteiger partial charge in [-0.1, -0.05) is 59.7 Å². The quantitative estimate of drug-likeness (QED) is 0.809. The molecule has 2 rings (SSSR count). The minimum Gasteiger partial charge on any atom is -0.396 e. The van der Waals surface area contributed by atoms with Crippen molar-refractivity contribution in [1.29, 1.82) is 0 Å². The van der Waals surface area contributed by atoms with E-state index in [9.17, 15) is 5.11 Å². The first-order chi connectivity index (χ1) is 9.40. The first-order valence-corrected chi connectivity index (χ1v) is 8.13. The van der Waals surface area contributed by atoms with Crippen LogP contribution in [0.25, 0.3) is 0 Å². The monoisotopic (exact) mass is 276 g/mol. The normalized spacial score (nSPS) is 21.8. The van der Waals surface area contributed by atoms with Gasteiger partial charge in [0, 0.05) is 6.61 Å². The van der Waals surface area contributed by atoms with Gasteiger partial charge in [0.15, 0.2) is 0 Å². The molecular weight excluding hydrogens is 244 g/mol. The lowest BCUT2D eigenvalue weighted by Gasteiger charge is -2.31. The van der Waals surface area contributed by atoms with Crippen LogP contribution in [0.5, 0.6) is 0 Å². The molecule has 0 spiro atoms. The SMILES string of the molecule is CC.CC1c2cc(CC(C)(C)C)ccc2CCC1CO. The molecule has 20 heavy (non-hydrogen) atoms. The topological polar surface area (TPSA) is 20.2 Å². The summed E-state index contributed by atoms with van der Waals surface area (Å²) in [4.78, 5) is 0. The Balaban J connectivity index is 0.000000956. The standard InChI is InChI=1S/C17H26O.C2H6/c1-12-15(11-18)8-7-14-6-5-13(9-16(12)14)10-17(2,3)4;1-2/h5-6,9,12,15,18H,7-8,10-11H2,1-4H3;1-2H3. The van der Waals surface area contributed by atoms with E-state index in [2.05, 4.69) is 45.9 Å². The third-order valence-electron chi connectivity index (χ3n) is 4.16. The van der Waals surface area contributed by atoms with Gasteiger partial charge in [0.1, 0.15) is 0 Å². The highest BCUT2D eigenvalue weighted by Gasteiger charge is 2.26. The molecule has 1 heteroatoms. The Bertz CT molecular complexity index is 414. The molecule has 0 aliphatic heterocycles. The lowest BCUT2D eigenvalue weighted by Crippen LogP contribution is -2.22. The van der Waals surface area contributed by atoms with Crippen LogP contribution in [0.3, 0.4) is 0 Å². The molecule has 2 unspecified atom stereocenters. The van der Waals surface area contributed by atoms with Crippen molar-refractivity contribution in [2.24, 2.45) is 11.3 Å². The number of aryl methyl sites for hydroxylation is 1. The average molecular weight is 276 g/mol. The maximum atomic E-state index is 9.44. The van der Waals surface area contributed by atoms with Crippen LogP contribution in [0.15, 0.2) is 18.2 Å². The summed E-state index contributed by atoms with van der Waals surface area (Å²) >= 11 is 0. The van der Waals surface area contributed by atoms with Crippen molar-refractivity contribution < 1.29 is 5.11 Å². The van der Waals surface area contributed by atoms with Gasteiger partial charge in [-0.25, -0.2) is 0 Å². The largest absolute Gasteiger partial charge is 0.396 e. The zero-order valence-electron chi connectivity index (χ0n) is 14.2. The highest BCUT2D eigenvalue weighted by molar-refractivity contribution is 5.37. The third-order valence-corrected chi connectivity index (χ3v) is 4.16. The maximum Gasteiger partial charge on any atom is 0.0465 e. The van der Waals surface area contributed by atoms with Gasteiger partial charge in [0.25, 0.3) is 0 Å². The summed E-state index contributed by atoms with van der Waals surface area (Å²) in [5.41, 5.74) is 4.74. The number of aliphatic hydroxyl groups is 1. The number of aliphatic hydroxyl groups excluding tert-OH is 1. The van der Waals surface area contributed by atoms with Gasteiger partial charge in [-0.05, 0) is 53.2 Å². The van der Waals surface area contributed by atoms with Gasteiger partial charge < -0.3 is 5.11 Å². The molecule has 1 aromatic rings. The van der Waals surface area contributed by atoms with E-state index in [1.165, 1.54) is 16.7 Å². The van der Waals surface area contributed by atoms with Crippen molar-refractivity contribution in [2.75, 3.05) is 6.61 Å². The van der Waals surface area contributed by atoms with Gasteiger partial charge in [-0.2, -0.15) is 0 Å². The number of hydrogen-bond donors (Lipinski definition) is 1. The first kappa shape index (κ1) is 17.2. The van der Waals surface area contributed by atoms with Crippen molar-refractivity contribution in [1.82, 2.24) is 0 Å². The van der Waals surface area contributed by atoms with E-state index in [1.807, 2.05) is 13.8 Å². The molecule has 0 aromatic heterocycles. The molecule has 1 nitrogen and oxygen atoms in total. The fourth-order valence-corrected chi connectivity index (χ4v) is 3.11. The molecule has 0 fully saturated rings. The van der Waals surface area contributed by atoms with Crippen molar-refractivity contribution >= 4 is 0 Å². The maximum absolute atomic E-state index is 9.44. The van der Waals surface area contributed by atoms with E-state index in [4.69, 9.17) is 0 Å². The summed E-state index contributed by atoms with van der Waals surface area (Å²) in [6.45, 7) is 13.4. The molecule has 0 saturated carbocycles. The van der Waals surface area contributed by atoms with Crippen LogP contribution in [0.1, 0.15) is 70.6 Å². The lowest BCUT2D eigenvalue weighted by atomic mass is 9.75. The number of rotatable bonds is 2. The minimum atomic E-state index is 0.324.